The molecule has 0 unspecified atom stereocenters. The van der Waals surface area contributed by atoms with Gasteiger partial charge in [0.1, 0.15) is 0 Å². The summed E-state index contributed by atoms with van der Waals surface area (Å²) in [5, 5.41) is 0.968. The van der Waals surface area contributed by atoms with Gasteiger partial charge in [-0.2, -0.15) is 8.42 Å². The van der Waals surface area contributed by atoms with Gasteiger partial charge in [-0.1, -0.05) is 13.8 Å². The fraction of sp³-hybridized carbons (Fsp3) is 0.857. The Balaban J connectivity index is 3.86. The van der Waals surface area contributed by atoms with E-state index in [1.165, 1.54) is 0 Å². The Bertz CT molecular complexity index is 286. The van der Waals surface area contributed by atoms with E-state index in [1.54, 1.807) is 13.8 Å². The summed E-state index contributed by atoms with van der Waals surface area (Å²) in [6, 6.07) is 0. The molecule has 0 saturated heterocycles. The van der Waals surface area contributed by atoms with Crippen LogP contribution in [0, 0.1) is 5.92 Å². The molecule has 3 N–H and O–H groups in total. The van der Waals surface area contributed by atoms with E-state index in [-0.39, 0.29) is 30.5 Å². The molecular weight excluding hydrogens is 208 g/mol. The van der Waals surface area contributed by atoms with Crippen LogP contribution in [-0.4, -0.2) is 36.2 Å². The van der Waals surface area contributed by atoms with Crippen LogP contribution in [-0.2, 0) is 14.9 Å². The number of nitrogens with two attached hydrogens (primary N) is 1. The number of hydrogen-bond donors (Lipinski definition) is 2. The lowest BCUT2D eigenvalue weighted by Crippen LogP contribution is -2.41. The molecule has 0 aromatic carbocycles. The maximum Gasteiger partial charge on any atom is 0.264 e. The third-order valence-corrected chi connectivity index (χ3v) is 2.38. The molecule has 0 spiro atoms. The number of hydrogen-bond acceptors (Lipinski definition) is 4. The molecule has 0 bridgehead atoms. The van der Waals surface area contributed by atoms with Crippen molar-refractivity contribution in [2.75, 3.05) is 12.3 Å². The summed E-state index contributed by atoms with van der Waals surface area (Å²) < 4.78 is 29.1. The largest absolute Gasteiger partial charge is 0.286 e. The molecule has 14 heavy (non-hydrogen) atoms. The lowest BCUT2D eigenvalue weighted by molar-refractivity contribution is -0.134. The van der Waals surface area contributed by atoms with Crippen molar-refractivity contribution in [1.82, 2.24) is 5.01 Å². The summed E-state index contributed by atoms with van der Waals surface area (Å²) in [4.78, 5) is 11.2. The van der Waals surface area contributed by atoms with E-state index in [0.717, 1.165) is 5.01 Å². The van der Waals surface area contributed by atoms with Crippen LogP contribution in [0.25, 0.3) is 0 Å². The zero-order valence-corrected chi connectivity index (χ0v) is 9.12. The molecule has 0 fully saturated rings. The predicted molar refractivity (Wildman–Crippen MR) is 51.8 cm³/mol. The Labute approximate surface area is 83.8 Å². The van der Waals surface area contributed by atoms with Gasteiger partial charge in [-0.3, -0.25) is 14.4 Å². The van der Waals surface area contributed by atoms with Gasteiger partial charge in [-0.05, 0) is 6.42 Å². The molecule has 0 radical (unpaired) electrons. The second kappa shape index (κ2) is 5.28. The van der Waals surface area contributed by atoms with E-state index in [9.17, 15) is 13.2 Å². The third-order valence-electron chi connectivity index (χ3n) is 1.58. The number of nitrogens with zero attached hydrogens (tertiary/aromatic N) is 1. The summed E-state index contributed by atoms with van der Waals surface area (Å²) in [5.41, 5.74) is 0. The average Bonchev–Trinajstić information content (AvgIpc) is 2.00. The Kier molecular flexibility index (Phi) is 5.03. The average molecular weight is 224 g/mol. The third kappa shape index (κ3) is 5.90. The van der Waals surface area contributed by atoms with E-state index in [2.05, 4.69) is 0 Å². The van der Waals surface area contributed by atoms with Crippen molar-refractivity contribution in [2.24, 2.45) is 11.8 Å². The molecule has 84 valence electrons. The molecule has 0 aromatic rings. The molecule has 0 heterocycles. The Morgan fingerprint density at radius 2 is 2.00 bits per heavy atom. The molecule has 0 aliphatic heterocycles. The van der Waals surface area contributed by atoms with Crippen molar-refractivity contribution in [3.8, 4) is 0 Å². The molecule has 0 saturated carbocycles. The van der Waals surface area contributed by atoms with Gasteiger partial charge in [0.15, 0.2) is 0 Å². The first kappa shape index (κ1) is 13.3. The first-order valence-corrected chi connectivity index (χ1v) is 5.86. The van der Waals surface area contributed by atoms with Gasteiger partial charge in [0.05, 0.1) is 5.75 Å². The standard InChI is InChI=1S/C7H16N2O4S/c1-6(2)7(10)9(8)4-3-5-14(11,12)13/h6H,3-5,8H2,1-2H3,(H,11,12,13). The highest BCUT2D eigenvalue weighted by atomic mass is 32.2. The lowest BCUT2D eigenvalue weighted by Gasteiger charge is -2.17. The van der Waals surface area contributed by atoms with Crippen LogP contribution in [0.4, 0.5) is 0 Å². The zero-order valence-electron chi connectivity index (χ0n) is 8.30. The molecule has 0 aromatic heterocycles. The highest BCUT2D eigenvalue weighted by molar-refractivity contribution is 7.85. The van der Waals surface area contributed by atoms with Crippen LogP contribution in [0.2, 0.25) is 0 Å². The van der Waals surface area contributed by atoms with Crippen LogP contribution in [0.1, 0.15) is 20.3 Å². The van der Waals surface area contributed by atoms with Crippen LogP contribution >= 0.6 is 0 Å². The maximum atomic E-state index is 11.2. The first-order chi connectivity index (χ1) is 6.24. The molecule has 0 atom stereocenters. The smallest absolute Gasteiger partial charge is 0.264 e. The van der Waals surface area contributed by atoms with Crippen molar-refractivity contribution < 1.29 is 17.8 Å². The van der Waals surface area contributed by atoms with Gasteiger partial charge in [0.2, 0.25) is 5.91 Å². The molecule has 0 rings (SSSR count). The number of hydrazine groups is 1. The summed E-state index contributed by atoms with van der Waals surface area (Å²) >= 11 is 0. The second-order valence-corrected chi connectivity index (χ2v) is 4.90. The zero-order chi connectivity index (χ0) is 11.4. The summed E-state index contributed by atoms with van der Waals surface area (Å²) in [6.07, 6.45) is 0.133. The van der Waals surface area contributed by atoms with E-state index < -0.39 is 10.1 Å². The number of rotatable bonds is 5. The maximum absolute atomic E-state index is 11.2. The van der Waals surface area contributed by atoms with Gasteiger partial charge < -0.3 is 0 Å². The van der Waals surface area contributed by atoms with Gasteiger partial charge in [0, 0.05) is 12.5 Å². The first-order valence-electron chi connectivity index (χ1n) is 4.25. The molecular formula is C7H16N2O4S. The minimum Gasteiger partial charge on any atom is -0.286 e. The Morgan fingerprint density at radius 1 is 1.50 bits per heavy atom. The molecule has 0 aliphatic carbocycles. The normalized spacial score (nSPS) is 11.8. The molecule has 6 nitrogen and oxygen atoms in total. The van der Waals surface area contributed by atoms with Gasteiger partial charge in [0.25, 0.3) is 10.1 Å². The van der Waals surface area contributed by atoms with Gasteiger partial charge in [-0.25, -0.2) is 5.84 Å². The quantitative estimate of drug-likeness (QED) is 0.287. The highest BCUT2D eigenvalue weighted by Crippen LogP contribution is 1.98. The van der Waals surface area contributed by atoms with Crippen LogP contribution in [0.15, 0.2) is 0 Å². The van der Waals surface area contributed by atoms with Crippen LogP contribution in [0.3, 0.4) is 0 Å². The monoisotopic (exact) mass is 224 g/mol. The predicted octanol–water partition coefficient (Wildman–Crippen LogP) is -0.377. The van der Waals surface area contributed by atoms with E-state index >= 15 is 0 Å². The highest BCUT2D eigenvalue weighted by Gasteiger charge is 2.14. The summed E-state index contributed by atoms with van der Waals surface area (Å²) in [7, 11) is -3.96. The van der Waals surface area contributed by atoms with Crippen molar-refractivity contribution in [1.29, 1.82) is 0 Å². The molecule has 0 aliphatic rings. The minimum absolute atomic E-state index is 0.122. The summed E-state index contributed by atoms with van der Waals surface area (Å²) in [6.45, 7) is 3.52. The Morgan fingerprint density at radius 3 is 2.36 bits per heavy atom. The van der Waals surface area contributed by atoms with Gasteiger partial charge in [-0.15, -0.1) is 0 Å². The van der Waals surface area contributed by atoms with Crippen LogP contribution in [0.5, 0.6) is 0 Å². The van der Waals surface area contributed by atoms with E-state index in [1.807, 2.05) is 0 Å². The number of carbonyl (C=O) groups excluding carboxylic acids is 1. The molecule has 7 heteroatoms. The van der Waals surface area contributed by atoms with Crippen molar-refractivity contribution >= 4 is 16.0 Å². The number of carbonyl (C=O) groups is 1. The number of amides is 1. The molecule has 1 amide bonds. The SMILES string of the molecule is CC(C)C(=O)N(N)CCCS(=O)(=O)O. The van der Waals surface area contributed by atoms with E-state index in [4.69, 9.17) is 10.4 Å². The van der Waals surface area contributed by atoms with Crippen molar-refractivity contribution in [3.63, 3.8) is 0 Å². The summed E-state index contributed by atoms with van der Waals surface area (Å²) in [5.74, 6) is 4.51. The van der Waals surface area contributed by atoms with Crippen molar-refractivity contribution in [3.05, 3.63) is 0 Å². The van der Waals surface area contributed by atoms with Crippen LogP contribution < -0.4 is 5.84 Å². The fourth-order valence-electron chi connectivity index (χ4n) is 0.859. The topological polar surface area (TPSA) is 101 Å². The second-order valence-electron chi connectivity index (χ2n) is 3.33. The van der Waals surface area contributed by atoms with Crippen molar-refractivity contribution in [2.45, 2.75) is 20.3 Å². The lowest BCUT2D eigenvalue weighted by atomic mass is 10.2. The van der Waals surface area contributed by atoms with Gasteiger partial charge >= 0.3 is 0 Å². The fourth-order valence-corrected chi connectivity index (χ4v) is 1.35. The van der Waals surface area contributed by atoms with E-state index in [0.29, 0.717) is 0 Å². The Hall–Kier alpha value is -0.660. The minimum atomic E-state index is -3.96.